The zero-order valence-corrected chi connectivity index (χ0v) is 30.3. The number of nitrogens with zero attached hydrogens (tertiary/aromatic N) is 1. The average molecular weight is 723 g/mol. The van der Waals surface area contributed by atoms with E-state index in [1.807, 2.05) is 24.3 Å². The minimum Gasteiger partial charge on any atom is -0.460 e. The Kier molecular flexibility index (Phi) is 12.6. The van der Waals surface area contributed by atoms with Crippen molar-refractivity contribution in [1.82, 2.24) is 20.9 Å². The maximum absolute atomic E-state index is 14.2. The number of halogens is 2. The lowest BCUT2D eigenvalue weighted by molar-refractivity contribution is -0.152. The van der Waals surface area contributed by atoms with Gasteiger partial charge in [0.15, 0.2) is 0 Å². The molecule has 12 nitrogen and oxygen atoms in total. The molecule has 1 heterocycles. The fraction of sp³-hybridized carbons (Fsp3) is 0.657. The van der Waals surface area contributed by atoms with Crippen molar-refractivity contribution in [3.63, 3.8) is 0 Å². The standard InChI is InChI=1S/C35H49Cl2N5O7/c1-18(2)25(33(47)49-22-16-20-11-6-7-12-21(20)17-22)40-34(48)41-28(35(3,4)5)32(46)42-14-13-23(29(36)37)26(42)31(45)39-24(27(43)30(38)44)15-19-9-8-10-19/h6-7,11-12,18-19,22-26,28-29H,8-10,13-17H2,1-5H3,(H2,38,44)(H,39,45)(H2,40,41,48)/t23-,24?,25-,26-,28+/m0/s1. The summed E-state index contributed by atoms with van der Waals surface area (Å²) in [6.07, 6.45) is 4.11. The zero-order valence-electron chi connectivity index (χ0n) is 28.8. The molecule has 14 heteroatoms. The van der Waals surface area contributed by atoms with Crippen LogP contribution in [0.25, 0.3) is 0 Å². The second-order valence-electron chi connectivity index (χ2n) is 15.0. The number of ketones is 1. The average Bonchev–Trinajstić information content (AvgIpc) is 3.62. The Morgan fingerprint density at radius 2 is 1.57 bits per heavy atom. The van der Waals surface area contributed by atoms with Crippen molar-refractivity contribution >= 4 is 58.7 Å². The summed E-state index contributed by atoms with van der Waals surface area (Å²) in [6, 6.07) is 2.68. The molecule has 2 fully saturated rings. The number of ether oxygens (including phenoxy) is 1. The summed E-state index contributed by atoms with van der Waals surface area (Å²) in [5, 5.41) is 8.10. The number of likely N-dealkylation sites (tertiary alicyclic amines) is 1. The zero-order chi connectivity index (χ0) is 36.2. The molecule has 0 radical (unpaired) electrons. The van der Waals surface area contributed by atoms with Crippen LogP contribution < -0.4 is 21.7 Å². The van der Waals surface area contributed by atoms with Crippen molar-refractivity contribution in [1.29, 1.82) is 0 Å². The Balaban J connectivity index is 1.47. The number of nitrogens with one attached hydrogen (secondary N) is 3. The first-order chi connectivity index (χ1) is 23.0. The number of carbonyl (C=O) groups excluding carboxylic acids is 6. The number of alkyl halides is 2. The molecule has 1 saturated heterocycles. The summed E-state index contributed by atoms with van der Waals surface area (Å²) in [6.45, 7) is 8.95. The van der Waals surface area contributed by atoms with E-state index >= 15 is 0 Å². The molecule has 49 heavy (non-hydrogen) atoms. The van der Waals surface area contributed by atoms with Gasteiger partial charge in [0.25, 0.3) is 5.91 Å². The van der Waals surface area contributed by atoms with Gasteiger partial charge in [0.1, 0.15) is 29.1 Å². The summed E-state index contributed by atoms with van der Waals surface area (Å²) in [5.74, 6) is -4.74. The molecule has 4 rings (SSSR count). The van der Waals surface area contributed by atoms with E-state index in [-0.39, 0.29) is 37.3 Å². The van der Waals surface area contributed by atoms with Gasteiger partial charge in [-0.2, -0.15) is 0 Å². The SMILES string of the molecule is CC(C)[C@H](NC(=O)N[C@H](C(=O)N1CC[C@H](C(Cl)Cl)[C@H]1C(=O)NC(CC1CCC1)C(=O)C(N)=O)C(C)(C)C)C(=O)OC1Cc2ccccc2C1. The van der Waals surface area contributed by atoms with E-state index in [0.717, 1.165) is 30.4 Å². The third-order valence-corrected chi connectivity index (χ3v) is 10.5. The van der Waals surface area contributed by atoms with Gasteiger partial charge >= 0.3 is 12.0 Å². The Bertz CT molecular complexity index is 1400. The molecule has 1 aliphatic heterocycles. The van der Waals surface area contributed by atoms with Crippen LogP contribution in [0.15, 0.2) is 24.3 Å². The number of fused-ring (bicyclic) bond motifs is 1. The van der Waals surface area contributed by atoms with Crippen molar-refractivity contribution in [2.75, 3.05) is 6.54 Å². The topological polar surface area (TPSA) is 177 Å². The molecule has 2 aliphatic carbocycles. The maximum Gasteiger partial charge on any atom is 0.329 e. The molecule has 3 aliphatic rings. The van der Waals surface area contributed by atoms with Gasteiger partial charge in [0, 0.05) is 25.3 Å². The van der Waals surface area contributed by atoms with Crippen LogP contribution in [0.4, 0.5) is 4.79 Å². The number of urea groups is 1. The molecular formula is C35H49Cl2N5O7. The number of benzene rings is 1. The second-order valence-corrected chi connectivity index (χ2v) is 16.1. The highest BCUT2D eigenvalue weighted by molar-refractivity contribution is 6.44. The fourth-order valence-electron chi connectivity index (χ4n) is 6.85. The summed E-state index contributed by atoms with van der Waals surface area (Å²) in [5.41, 5.74) is 6.70. The lowest BCUT2D eigenvalue weighted by atomic mass is 9.80. The Morgan fingerprint density at radius 1 is 0.959 bits per heavy atom. The van der Waals surface area contributed by atoms with Crippen molar-refractivity contribution in [2.45, 2.75) is 115 Å². The Hall–Kier alpha value is -3.38. The van der Waals surface area contributed by atoms with Crippen LogP contribution >= 0.6 is 23.2 Å². The lowest BCUT2D eigenvalue weighted by Crippen LogP contribution is -2.62. The summed E-state index contributed by atoms with van der Waals surface area (Å²) in [7, 11) is 0. The van der Waals surface area contributed by atoms with Gasteiger partial charge in [0.2, 0.25) is 17.6 Å². The predicted octanol–water partition coefficient (Wildman–Crippen LogP) is 3.19. The lowest BCUT2D eigenvalue weighted by Gasteiger charge is -2.37. The molecule has 0 bridgehead atoms. The van der Waals surface area contributed by atoms with Gasteiger partial charge in [-0.3, -0.25) is 19.2 Å². The number of Topliss-reactive ketones (excluding diaryl/α,β-unsaturated/α-hetero) is 1. The van der Waals surface area contributed by atoms with E-state index in [2.05, 4.69) is 16.0 Å². The second kappa shape index (κ2) is 16.1. The number of nitrogens with two attached hydrogens (primary N) is 1. The number of primary amides is 1. The maximum atomic E-state index is 14.2. The van der Waals surface area contributed by atoms with Gasteiger partial charge in [-0.25, -0.2) is 9.59 Å². The molecule has 270 valence electrons. The third-order valence-electron chi connectivity index (χ3n) is 9.88. The number of hydrogen-bond donors (Lipinski definition) is 4. The smallest absolute Gasteiger partial charge is 0.329 e. The molecule has 1 unspecified atom stereocenters. The summed E-state index contributed by atoms with van der Waals surface area (Å²) < 4.78 is 5.81. The van der Waals surface area contributed by atoms with Crippen molar-refractivity contribution < 1.29 is 33.5 Å². The number of hydrogen-bond acceptors (Lipinski definition) is 7. The van der Waals surface area contributed by atoms with E-state index in [1.165, 1.54) is 4.90 Å². The van der Waals surface area contributed by atoms with Crippen molar-refractivity contribution in [3.8, 4) is 0 Å². The first-order valence-corrected chi connectivity index (χ1v) is 17.9. The van der Waals surface area contributed by atoms with Crippen molar-refractivity contribution in [2.24, 2.45) is 28.9 Å². The predicted molar refractivity (Wildman–Crippen MR) is 184 cm³/mol. The van der Waals surface area contributed by atoms with Crippen LogP contribution in [0.1, 0.15) is 77.8 Å². The monoisotopic (exact) mass is 721 g/mol. The van der Waals surface area contributed by atoms with Crippen LogP contribution in [0.3, 0.4) is 0 Å². The van der Waals surface area contributed by atoms with E-state index in [0.29, 0.717) is 12.8 Å². The number of carbonyl (C=O) groups is 6. The number of rotatable bonds is 13. The highest BCUT2D eigenvalue weighted by Crippen LogP contribution is 2.35. The first-order valence-electron chi connectivity index (χ1n) is 17.0. The molecule has 5 atom stereocenters. The molecule has 1 saturated carbocycles. The number of esters is 1. The van der Waals surface area contributed by atoms with Crippen molar-refractivity contribution in [3.05, 3.63) is 35.4 Å². The molecule has 0 spiro atoms. The van der Waals surface area contributed by atoms with Gasteiger partial charge in [0.05, 0.1) is 6.04 Å². The van der Waals surface area contributed by atoms with Gasteiger partial charge < -0.3 is 31.3 Å². The molecular weight excluding hydrogens is 673 g/mol. The highest BCUT2D eigenvalue weighted by Gasteiger charge is 2.49. The highest BCUT2D eigenvalue weighted by atomic mass is 35.5. The quantitative estimate of drug-likeness (QED) is 0.137. The van der Waals surface area contributed by atoms with Gasteiger partial charge in [-0.1, -0.05) is 78.1 Å². The van der Waals surface area contributed by atoms with E-state index in [9.17, 15) is 28.8 Å². The Morgan fingerprint density at radius 3 is 2.06 bits per heavy atom. The minimum atomic E-state index is -1.18. The van der Waals surface area contributed by atoms with Crippen LogP contribution in [-0.2, 0) is 41.6 Å². The Labute approximate surface area is 297 Å². The minimum absolute atomic E-state index is 0.106. The van der Waals surface area contributed by atoms with Crippen LogP contribution in [0.2, 0.25) is 0 Å². The molecule has 5 amide bonds. The van der Waals surface area contributed by atoms with E-state index in [4.69, 9.17) is 33.7 Å². The van der Waals surface area contributed by atoms with Crippen LogP contribution in [0.5, 0.6) is 0 Å². The number of amides is 5. The van der Waals surface area contributed by atoms with E-state index in [1.54, 1.807) is 34.6 Å². The first kappa shape index (κ1) is 38.4. The summed E-state index contributed by atoms with van der Waals surface area (Å²) in [4.78, 5) is 79.6. The van der Waals surface area contributed by atoms with Crippen LogP contribution in [-0.4, -0.2) is 82.1 Å². The normalized spacial score (nSPS) is 21.4. The van der Waals surface area contributed by atoms with E-state index < -0.39 is 75.8 Å². The van der Waals surface area contributed by atoms with Gasteiger partial charge in [-0.05, 0) is 41.2 Å². The molecule has 0 aromatic heterocycles. The third kappa shape index (κ3) is 9.45. The largest absolute Gasteiger partial charge is 0.460 e. The molecule has 5 N–H and O–H groups in total. The molecule has 1 aromatic carbocycles. The van der Waals surface area contributed by atoms with Gasteiger partial charge in [-0.15, -0.1) is 23.2 Å². The fourth-order valence-corrected chi connectivity index (χ4v) is 7.38. The summed E-state index contributed by atoms with van der Waals surface area (Å²) >= 11 is 12.6. The molecule has 1 aromatic rings. The van der Waals surface area contributed by atoms with Crippen LogP contribution in [0, 0.1) is 23.2 Å².